The monoisotopic (exact) mass is 254 g/mol. The van der Waals surface area contributed by atoms with Gasteiger partial charge in [0.25, 0.3) is 0 Å². The highest BCUT2D eigenvalue weighted by Crippen LogP contribution is 2.06. The predicted molar refractivity (Wildman–Crippen MR) is 63.5 cm³/mol. The van der Waals surface area contributed by atoms with Crippen LogP contribution in [0.3, 0.4) is 0 Å². The number of nitrogens with one attached hydrogen (secondary N) is 1. The van der Waals surface area contributed by atoms with E-state index in [0.29, 0.717) is 5.56 Å². The van der Waals surface area contributed by atoms with Gasteiger partial charge in [-0.15, -0.1) is 0 Å². The van der Waals surface area contributed by atoms with Crippen LogP contribution in [0.15, 0.2) is 24.3 Å². The summed E-state index contributed by atoms with van der Waals surface area (Å²) in [4.78, 5) is 23.5. The first-order chi connectivity index (χ1) is 8.40. The summed E-state index contributed by atoms with van der Waals surface area (Å²) in [5.74, 6) is -1.48. The van der Waals surface area contributed by atoms with Crippen LogP contribution >= 0.6 is 0 Å². The van der Waals surface area contributed by atoms with Crippen molar-refractivity contribution in [1.29, 1.82) is 0 Å². The molecule has 0 radical (unpaired) electrons. The zero-order valence-corrected chi connectivity index (χ0v) is 10.2. The van der Waals surface area contributed by atoms with E-state index in [1.54, 1.807) is 12.1 Å². The number of carbonyl (C=O) groups excluding carboxylic acids is 1. The molecule has 1 atom stereocenters. The first-order valence-corrected chi connectivity index (χ1v) is 5.39. The molecule has 0 unspecified atom stereocenters. The number of aliphatic carboxylic acids is 1. The largest absolute Gasteiger partial charge is 0.480 e. The number of carboxylic acid groups (broad SMARTS) is 1. The van der Waals surface area contributed by atoms with Gasteiger partial charge in [0, 0.05) is 13.6 Å². The van der Waals surface area contributed by atoms with Gasteiger partial charge >= 0.3 is 12.0 Å². The number of hydrogen-bond donors (Lipinski definition) is 2. The van der Waals surface area contributed by atoms with Crippen molar-refractivity contribution in [1.82, 2.24) is 10.2 Å². The number of urea groups is 1. The number of amides is 2. The van der Waals surface area contributed by atoms with E-state index < -0.39 is 18.0 Å². The van der Waals surface area contributed by atoms with Crippen LogP contribution in [0.5, 0.6) is 0 Å². The van der Waals surface area contributed by atoms with E-state index >= 15 is 0 Å². The lowest BCUT2D eigenvalue weighted by Crippen LogP contribution is -2.44. The van der Waals surface area contributed by atoms with E-state index in [9.17, 15) is 14.0 Å². The van der Waals surface area contributed by atoms with Gasteiger partial charge in [0.15, 0.2) is 0 Å². The Morgan fingerprint density at radius 1 is 1.50 bits per heavy atom. The van der Waals surface area contributed by atoms with E-state index in [1.165, 1.54) is 31.0 Å². The summed E-state index contributed by atoms with van der Waals surface area (Å²) in [5, 5.41) is 11.0. The van der Waals surface area contributed by atoms with E-state index in [2.05, 4.69) is 5.32 Å². The second kappa shape index (κ2) is 6.00. The summed E-state index contributed by atoms with van der Waals surface area (Å²) in [6.45, 7) is 1.58. The Balaban J connectivity index is 2.57. The third-order valence-corrected chi connectivity index (χ3v) is 2.37. The fourth-order valence-corrected chi connectivity index (χ4v) is 1.34. The highest BCUT2D eigenvalue weighted by atomic mass is 19.1. The summed E-state index contributed by atoms with van der Waals surface area (Å²) in [5.41, 5.74) is 0.635. The first kappa shape index (κ1) is 14.0. The molecule has 0 aliphatic carbocycles. The molecule has 6 heteroatoms. The number of rotatable bonds is 4. The third-order valence-electron chi connectivity index (χ3n) is 2.37. The van der Waals surface area contributed by atoms with E-state index in [4.69, 9.17) is 5.11 Å². The molecule has 1 rings (SSSR count). The molecule has 98 valence electrons. The molecular formula is C12H15FN2O3. The fourth-order valence-electron chi connectivity index (χ4n) is 1.34. The molecule has 18 heavy (non-hydrogen) atoms. The minimum absolute atomic E-state index is 0.204. The topological polar surface area (TPSA) is 69.6 Å². The van der Waals surface area contributed by atoms with Crippen LogP contribution in [0.25, 0.3) is 0 Å². The smallest absolute Gasteiger partial charge is 0.325 e. The molecule has 1 aromatic rings. The third kappa shape index (κ3) is 4.04. The maximum absolute atomic E-state index is 12.9. The zero-order chi connectivity index (χ0) is 13.7. The molecule has 0 saturated heterocycles. The number of benzene rings is 1. The second-order valence-electron chi connectivity index (χ2n) is 4.00. The van der Waals surface area contributed by atoms with Gasteiger partial charge in [0.05, 0.1) is 0 Å². The maximum atomic E-state index is 12.9. The van der Waals surface area contributed by atoms with Crippen molar-refractivity contribution < 1.29 is 19.1 Å². The van der Waals surface area contributed by atoms with E-state index in [-0.39, 0.29) is 12.4 Å². The molecule has 0 aromatic heterocycles. The lowest BCUT2D eigenvalue weighted by atomic mass is 10.2. The van der Waals surface area contributed by atoms with E-state index in [1.807, 2.05) is 0 Å². The van der Waals surface area contributed by atoms with Crippen LogP contribution in [0.4, 0.5) is 9.18 Å². The Kier molecular flexibility index (Phi) is 4.65. The van der Waals surface area contributed by atoms with Crippen molar-refractivity contribution in [2.75, 3.05) is 7.05 Å². The Morgan fingerprint density at radius 2 is 2.17 bits per heavy atom. The molecule has 2 N–H and O–H groups in total. The normalized spacial score (nSPS) is 11.7. The Hall–Kier alpha value is -2.11. The van der Waals surface area contributed by atoms with Crippen molar-refractivity contribution in [3.05, 3.63) is 35.6 Å². The van der Waals surface area contributed by atoms with Crippen LogP contribution in [-0.4, -0.2) is 35.1 Å². The predicted octanol–water partition coefficient (Wildman–Crippen LogP) is 1.44. The van der Waals surface area contributed by atoms with Crippen LogP contribution in [0.2, 0.25) is 0 Å². The van der Waals surface area contributed by atoms with Crippen LogP contribution in [0, 0.1) is 5.82 Å². The van der Waals surface area contributed by atoms with Crippen molar-refractivity contribution in [3.8, 4) is 0 Å². The van der Waals surface area contributed by atoms with Gasteiger partial charge in [0.1, 0.15) is 11.9 Å². The Bertz CT molecular complexity index is 451. The maximum Gasteiger partial charge on any atom is 0.325 e. The SMILES string of the molecule is C[C@@H](NC(=O)N(C)Cc1cccc(F)c1)C(=O)O. The van der Waals surface area contributed by atoms with Gasteiger partial charge in [-0.2, -0.15) is 0 Å². The molecule has 0 heterocycles. The molecule has 2 amide bonds. The number of hydrogen-bond acceptors (Lipinski definition) is 2. The van der Waals surface area contributed by atoms with Gasteiger partial charge in [0.2, 0.25) is 0 Å². The van der Waals surface area contributed by atoms with Gasteiger partial charge in [-0.3, -0.25) is 4.79 Å². The minimum atomic E-state index is -1.11. The Morgan fingerprint density at radius 3 is 2.72 bits per heavy atom. The lowest BCUT2D eigenvalue weighted by Gasteiger charge is -2.19. The molecule has 0 aliphatic rings. The van der Waals surface area contributed by atoms with Gasteiger partial charge < -0.3 is 15.3 Å². The van der Waals surface area contributed by atoms with Crippen molar-refractivity contribution in [2.45, 2.75) is 19.5 Å². The van der Waals surface area contributed by atoms with Crippen molar-refractivity contribution >= 4 is 12.0 Å². The van der Waals surface area contributed by atoms with Crippen LogP contribution in [-0.2, 0) is 11.3 Å². The van der Waals surface area contributed by atoms with Gasteiger partial charge in [-0.25, -0.2) is 9.18 Å². The first-order valence-electron chi connectivity index (χ1n) is 5.39. The molecule has 1 aromatic carbocycles. The van der Waals surface area contributed by atoms with Crippen LogP contribution < -0.4 is 5.32 Å². The standard InChI is InChI=1S/C12H15FN2O3/c1-8(11(16)17)14-12(18)15(2)7-9-4-3-5-10(13)6-9/h3-6,8H,7H2,1-2H3,(H,14,18)(H,16,17)/t8-/m1/s1. The quantitative estimate of drug-likeness (QED) is 0.854. The average molecular weight is 254 g/mol. The number of nitrogens with zero attached hydrogens (tertiary/aromatic N) is 1. The van der Waals surface area contributed by atoms with Crippen molar-refractivity contribution in [2.24, 2.45) is 0 Å². The Labute approximate surface area is 104 Å². The van der Waals surface area contributed by atoms with Crippen LogP contribution in [0.1, 0.15) is 12.5 Å². The summed E-state index contributed by atoms with van der Waals surface area (Å²) in [6.07, 6.45) is 0. The number of halogens is 1. The number of carboxylic acids is 1. The summed E-state index contributed by atoms with van der Waals surface area (Å²) >= 11 is 0. The summed E-state index contributed by atoms with van der Waals surface area (Å²) < 4.78 is 12.9. The zero-order valence-electron chi connectivity index (χ0n) is 10.2. The minimum Gasteiger partial charge on any atom is -0.480 e. The molecule has 0 spiro atoms. The molecule has 0 bridgehead atoms. The molecule has 0 saturated carbocycles. The molecule has 5 nitrogen and oxygen atoms in total. The van der Waals surface area contributed by atoms with Crippen molar-refractivity contribution in [3.63, 3.8) is 0 Å². The lowest BCUT2D eigenvalue weighted by molar-refractivity contribution is -0.138. The van der Waals surface area contributed by atoms with Gasteiger partial charge in [-0.1, -0.05) is 12.1 Å². The van der Waals surface area contributed by atoms with E-state index in [0.717, 1.165) is 0 Å². The second-order valence-corrected chi connectivity index (χ2v) is 4.00. The average Bonchev–Trinajstić information content (AvgIpc) is 2.28. The molecular weight excluding hydrogens is 239 g/mol. The fraction of sp³-hybridized carbons (Fsp3) is 0.333. The number of carbonyl (C=O) groups is 2. The molecule has 0 fully saturated rings. The molecule has 0 aliphatic heterocycles. The highest BCUT2D eigenvalue weighted by Gasteiger charge is 2.16. The summed E-state index contributed by atoms with van der Waals surface area (Å²) in [7, 11) is 1.51. The summed E-state index contributed by atoms with van der Waals surface area (Å²) in [6, 6.07) is 4.39. The van der Waals surface area contributed by atoms with Gasteiger partial charge in [-0.05, 0) is 24.6 Å². The highest BCUT2D eigenvalue weighted by molar-refractivity contribution is 5.82.